The number of aromatic nitrogens is 3. The molecule has 2 heterocycles. The minimum Gasteiger partial charge on any atom is -0.479 e. The third kappa shape index (κ3) is 3.21. The Kier molecular flexibility index (Phi) is 4.27. The van der Waals surface area contributed by atoms with Gasteiger partial charge in [-0.25, -0.2) is 0 Å². The average molecular weight is 336 g/mol. The lowest BCUT2D eigenvalue weighted by atomic mass is 10.3. The van der Waals surface area contributed by atoms with E-state index in [9.17, 15) is 0 Å². The van der Waals surface area contributed by atoms with Gasteiger partial charge in [-0.1, -0.05) is 28.4 Å². The van der Waals surface area contributed by atoms with Crippen LogP contribution < -0.4 is 4.74 Å². The van der Waals surface area contributed by atoms with Gasteiger partial charge in [0.1, 0.15) is 5.75 Å². The van der Waals surface area contributed by atoms with Crippen molar-refractivity contribution in [1.29, 1.82) is 0 Å². The molecule has 0 aliphatic carbocycles. The van der Waals surface area contributed by atoms with Crippen LogP contribution in [0.5, 0.6) is 5.75 Å². The molecular weight excluding hydrogens is 325 g/mol. The van der Waals surface area contributed by atoms with Crippen LogP contribution in [-0.2, 0) is 0 Å². The maximum atomic E-state index is 6.08. The normalized spacial score (nSPS) is 12.1. The predicted octanol–water partition coefficient (Wildman–Crippen LogP) is 4.58. The molecule has 3 aromatic rings. The molecule has 0 saturated heterocycles. The summed E-state index contributed by atoms with van der Waals surface area (Å²) < 4.78 is 11.0. The third-order valence-electron chi connectivity index (χ3n) is 2.91. The monoisotopic (exact) mass is 335 g/mol. The molecule has 1 unspecified atom stereocenters. The van der Waals surface area contributed by atoms with E-state index in [0.717, 1.165) is 5.56 Å². The van der Waals surface area contributed by atoms with Gasteiger partial charge in [-0.05, 0) is 37.3 Å². The van der Waals surface area contributed by atoms with Gasteiger partial charge in [0.2, 0.25) is 5.82 Å². The molecule has 112 valence electrons. The van der Waals surface area contributed by atoms with Crippen molar-refractivity contribution < 1.29 is 9.26 Å². The zero-order chi connectivity index (χ0) is 15.5. The number of hydrogen-bond donors (Lipinski definition) is 0. The Morgan fingerprint density at radius 3 is 2.82 bits per heavy atom. The second kappa shape index (κ2) is 6.34. The standard InChI is InChI=1S/C15H11Cl2N3O2/c1-9(21-13-5-4-11(16)7-12(13)17)15-19-14(20-22-15)10-3-2-6-18-8-10/h2-9H,1H3. The lowest BCUT2D eigenvalue weighted by Gasteiger charge is -2.12. The summed E-state index contributed by atoms with van der Waals surface area (Å²) in [6.07, 6.45) is 2.89. The van der Waals surface area contributed by atoms with E-state index in [1.807, 2.05) is 6.07 Å². The minimum atomic E-state index is -0.448. The SMILES string of the molecule is CC(Oc1ccc(Cl)cc1Cl)c1nc(-c2cccnc2)no1. The first-order valence-electron chi connectivity index (χ1n) is 6.49. The van der Waals surface area contributed by atoms with Crippen molar-refractivity contribution in [2.24, 2.45) is 0 Å². The summed E-state index contributed by atoms with van der Waals surface area (Å²) in [4.78, 5) is 8.33. The molecule has 0 N–H and O–H groups in total. The van der Waals surface area contributed by atoms with E-state index in [-0.39, 0.29) is 0 Å². The smallest absolute Gasteiger partial charge is 0.267 e. The number of ether oxygens (including phenoxy) is 1. The highest BCUT2D eigenvalue weighted by Gasteiger charge is 2.18. The van der Waals surface area contributed by atoms with Gasteiger partial charge in [0.05, 0.1) is 5.02 Å². The number of pyridine rings is 1. The van der Waals surface area contributed by atoms with E-state index in [0.29, 0.717) is 27.5 Å². The molecule has 7 heteroatoms. The number of nitrogens with zero attached hydrogens (tertiary/aromatic N) is 3. The first kappa shape index (κ1) is 14.8. The first-order chi connectivity index (χ1) is 10.6. The van der Waals surface area contributed by atoms with Crippen LogP contribution in [0.25, 0.3) is 11.4 Å². The fraction of sp³-hybridized carbons (Fsp3) is 0.133. The van der Waals surface area contributed by atoms with Crippen LogP contribution in [0.4, 0.5) is 0 Å². The molecular formula is C15H11Cl2N3O2. The topological polar surface area (TPSA) is 61.0 Å². The number of rotatable bonds is 4. The van der Waals surface area contributed by atoms with Gasteiger partial charge in [0.25, 0.3) is 5.89 Å². The molecule has 0 spiro atoms. The fourth-order valence-electron chi connectivity index (χ4n) is 1.82. The Labute approximate surface area is 136 Å². The van der Waals surface area contributed by atoms with Crippen LogP contribution >= 0.6 is 23.2 Å². The molecule has 5 nitrogen and oxygen atoms in total. The van der Waals surface area contributed by atoms with Gasteiger partial charge in [0, 0.05) is 23.0 Å². The van der Waals surface area contributed by atoms with Gasteiger partial charge in [0.15, 0.2) is 6.10 Å². The zero-order valence-corrected chi connectivity index (χ0v) is 13.0. The van der Waals surface area contributed by atoms with E-state index in [1.165, 1.54) is 0 Å². The summed E-state index contributed by atoms with van der Waals surface area (Å²) in [7, 11) is 0. The summed E-state index contributed by atoms with van der Waals surface area (Å²) in [6.45, 7) is 1.80. The van der Waals surface area contributed by atoms with Crippen molar-refractivity contribution in [1.82, 2.24) is 15.1 Å². The maximum absolute atomic E-state index is 6.08. The Morgan fingerprint density at radius 2 is 2.09 bits per heavy atom. The van der Waals surface area contributed by atoms with Crippen LogP contribution in [0.3, 0.4) is 0 Å². The summed E-state index contributed by atoms with van der Waals surface area (Å²) in [5.41, 5.74) is 0.772. The molecule has 22 heavy (non-hydrogen) atoms. The van der Waals surface area contributed by atoms with E-state index < -0.39 is 6.10 Å². The quantitative estimate of drug-likeness (QED) is 0.698. The van der Waals surface area contributed by atoms with Crippen LogP contribution in [0.1, 0.15) is 18.9 Å². The molecule has 1 atom stereocenters. The molecule has 2 aromatic heterocycles. The van der Waals surface area contributed by atoms with Crippen LogP contribution in [0.15, 0.2) is 47.2 Å². The van der Waals surface area contributed by atoms with Crippen LogP contribution in [0.2, 0.25) is 10.0 Å². The van der Waals surface area contributed by atoms with Gasteiger partial charge >= 0.3 is 0 Å². The molecule has 0 radical (unpaired) electrons. The number of halogens is 2. The number of benzene rings is 1. The maximum Gasteiger partial charge on any atom is 0.267 e. The Bertz CT molecular complexity index is 777. The molecule has 0 amide bonds. The minimum absolute atomic E-state index is 0.352. The first-order valence-corrected chi connectivity index (χ1v) is 7.25. The van der Waals surface area contributed by atoms with Crippen molar-refractivity contribution >= 4 is 23.2 Å². The van der Waals surface area contributed by atoms with Crippen LogP contribution in [0, 0.1) is 0 Å². The van der Waals surface area contributed by atoms with Gasteiger partial charge in [-0.2, -0.15) is 4.98 Å². The Hall–Kier alpha value is -2.11. The molecule has 0 saturated carbocycles. The average Bonchev–Trinajstić information content (AvgIpc) is 3.01. The van der Waals surface area contributed by atoms with E-state index in [4.69, 9.17) is 32.5 Å². The summed E-state index contributed by atoms with van der Waals surface area (Å²) in [6, 6.07) is 8.66. The van der Waals surface area contributed by atoms with Crippen molar-refractivity contribution in [3.05, 3.63) is 58.7 Å². The van der Waals surface area contributed by atoms with E-state index in [1.54, 1.807) is 43.6 Å². The highest BCUT2D eigenvalue weighted by atomic mass is 35.5. The molecule has 0 aliphatic rings. The van der Waals surface area contributed by atoms with Gasteiger partial charge < -0.3 is 9.26 Å². The van der Waals surface area contributed by atoms with E-state index in [2.05, 4.69) is 15.1 Å². The molecule has 0 fully saturated rings. The Morgan fingerprint density at radius 1 is 1.23 bits per heavy atom. The molecule has 1 aromatic carbocycles. The summed E-state index contributed by atoms with van der Waals surface area (Å²) in [5, 5.41) is 4.89. The highest BCUT2D eigenvalue weighted by Crippen LogP contribution is 2.31. The van der Waals surface area contributed by atoms with E-state index >= 15 is 0 Å². The zero-order valence-electron chi connectivity index (χ0n) is 11.5. The molecule has 3 rings (SSSR count). The fourth-order valence-corrected chi connectivity index (χ4v) is 2.28. The largest absolute Gasteiger partial charge is 0.479 e. The number of hydrogen-bond acceptors (Lipinski definition) is 5. The lowest BCUT2D eigenvalue weighted by Crippen LogP contribution is -2.03. The van der Waals surface area contributed by atoms with Gasteiger partial charge in [-0.15, -0.1) is 0 Å². The second-order valence-electron chi connectivity index (χ2n) is 4.53. The summed E-state index contributed by atoms with van der Waals surface area (Å²) >= 11 is 11.9. The van der Waals surface area contributed by atoms with Gasteiger partial charge in [-0.3, -0.25) is 4.98 Å². The van der Waals surface area contributed by atoms with Crippen molar-refractivity contribution in [3.63, 3.8) is 0 Å². The lowest BCUT2D eigenvalue weighted by molar-refractivity contribution is 0.176. The summed E-state index contributed by atoms with van der Waals surface area (Å²) in [5.74, 6) is 1.31. The predicted molar refractivity (Wildman–Crippen MR) is 83.0 cm³/mol. The van der Waals surface area contributed by atoms with Crippen molar-refractivity contribution in [2.45, 2.75) is 13.0 Å². The third-order valence-corrected chi connectivity index (χ3v) is 3.44. The van der Waals surface area contributed by atoms with Crippen LogP contribution in [-0.4, -0.2) is 15.1 Å². The second-order valence-corrected chi connectivity index (χ2v) is 5.38. The highest BCUT2D eigenvalue weighted by molar-refractivity contribution is 6.35. The van der Waals surface area contributed by atoms with Crippen molar-refractivity contribution in [2.75, 3.05) is 0 Å². The molecule has 0 bridgehead atoms. The van der Waals surface area contributed by atoms with Crippen molar-refractivity contribution in [3.8, 4) is 17.1 Å². The molecule has 0 aliphatic heterocycles. The Balaban J connectivity index is 1.78.